The van der Waals surface area contributed by atoms with Crippen LogP contribution in [0.1, 0.15) is 44.4 Å². The molecule has 1 unspecified atom stereocenters. The zero-order valence-electron chi connectivity index (χ0n) is 15.4. The highest BCUT2D eigenvalue weighted by atomic mass is 35.5. The molecule has 2 heterocycles. The highest BCUT2D eigenvalue weighted by Gasteiger charge is 2.33. The van der Waals surface area contributed by atoms with Gasteiger partial charge in [-0.25, -0.2) is 8.42 Å². The number of aromatic nitrogens is 2. The molecule has 7 nitrogen and oxygen atoms in total. The minimum atomic E-state index is -3.70. The highest BCUT2D eigenvalue weighted by molar-refractivity contribution is 7.89. The predicted octanol–water partition coefficient (Wildman–Crippen LogP) is 3.57. The SMILES string of the molecule is CC(C)c1noc(C(C)N2CCN(S(=O)(=O)c3cc(Cl)ccc3Cl)CC2)n1. The fourth-order valence-corrected chi connectivity index (χ4v) is 5.11. The lowest BCUT2D eigenvalue weighted by molar-refractivity contribution is 0.124. The number of benzene rings is 1. The molecular formula is C17H22Cl2N4O3S. The van der Waals surface area contributed by atoms with Crippen molar-refractivity contribution >= 4 is 33.2 Å². The van der Waals surface area contributed by atoms with Gasteiger partial charge in [-0.2, -0.15) is 9.29 Å². The van der Waals surface area contributed by atoms with Crippen LogP contribution in [-0.2, 0) is 10.0 Å². The van der Waals surface area contributed by atoms with E-state index >= 15 is 0 Å². The number of hydrogen-bond acceptors (Lipinski definition) is 6. The van der Waals surface area contributed by atoms with Crippen molar-refractivity contribution < 1.29 is 12.9 Å². The summed E-state index contributed by atoms with van der Waals surface area (Å²) in [5, 5.41) is 4.50. The third-order valence-electron chi connectivity index (χ3n) is 4.66. The van der Waals surface area contributed by atoms with Gasteiger partial charge in [-0.05, 0) is 25.1 Å². The van der Waals surface area contributed by atoms with Crippen molar-refractivity contribution in [2.45, 2.75) is 37.6 Å². The van der Waals surface area contributed by atoms with Crippen LogP contribution in [0.5, 0.6) is 0 Å². The summed E-state index contributed by atoms with van der Waals surface area (Å²) in [5.74, 6) is 1.42. The van der Waals surface area contributed by atoms with Gasteiger partial charge in [0.2, 0.25) is 15.9 Å². The second-order valence-electron chi connectivity index (χ2n) is 6.84. The lowest BCUT2D eigenvalue weighted by Crippen LogP contribution is -2.49. The fraction of sp³-hybridized carbons (Fsp3) is 0.529. The third kappa shape index (κ3) is 4.30. The average Bonchev–Trinajstić information content (AvgIpc) is 3.13. The van der Waals surface area contributed by atoms with Crippen LogP contribution in [0.15, 0.2) is 27.6 Å². The largest absolute Gasteiger partial charge is 0.338 e. The zero-order chi connectivity index (χ0) is 19.8. The minimum absolute atomic E-state index is 0.0386. The number of piperazine rings is 1. The van der Waals surface area contributed by atoms with Gasteiger partial charge in [0.05, 0.1) is 11.1 Å². The molecule has 1 aromatic heterocycles. The molecule has 1 saturated heterocycles. The number of rotatable bonds is 5. The fourth-order valence-electron chi connectivity index (χ4n) is 2.95. The molecule has 0 saturated carbocycles. The topological polar surface area (TPSA) is 79.5 Å². The maximum atomic E-state index is 12.9. The van der Waals surface area contributed by atoms with Crippen LogP contribution >= 0.6 is 23.2 Å². The quantitative estimate of drug-likeness (QED) is 0.718. The second-order valence-corrected chi connectivity index (χ2v) is 9.59. The van der Waals surface area contributed by atoms with Crippen LogP contribution in [0.25, 0.3) is 0 Å². The van der Waals surface area contributed by atoms with Gasteiger partial charge in [0.1, 0.15) is 4.90 Å². The van der Waals surface area contributed by atoms with Crippen molar-refractivity contribution in [1.82, 2.24) is 19.3 Å². The van der Waals surface area contributed by atoms with E-state index in [0.717, 1.165) is 0 Å². The van der Waals surface area contributed by atoms with Crippen LogP contribution in [0, 0.1) is 0 Å². The number of nitrogens with zero attached hydrogens (tertiary/aromatic N) is 4. The molecule has 0 aliphatic carbocycles. The maximum absolute atomic E-state index is 12.9. The average molecular weight is 433 g/mol. The van der Waals surface area contributed by atoms with E-state index < -0.39 is 10.0 Å². The van der Waals surface area contributed by atoms with E-state index in [9.17, 15) is 8.42 Å². The lowest BCUT2D eigenvalue weighted by Gasteiger charge is -2.36. The van der Waals surface area contributed by atoms with Crippen molar-refractivity contribution in [1.29, 1.82) is 0 Å². The second kappa shape index (κ2) is 8.05. The molecule has 148 valence electrons. The standard InChI is InChI=1S/C17H22Cl2N4O3S/c1-11(2)16-20-17(26-21-16)12(3)22-6-8-23(9-7-22)27(24,25)15-10-13(18)4-5-14(15)19/h4-5,10-12H,6-9H2,1-3H3. The Bertz CT molecular complexity index is 909. The summed E-state index contributed by atoms with van der Waals surface area (Å²) < 4.78 is 32.6. The molecule has 0 amide bonds. The molecule has 1 fully saturated rings. The monoisotopic (exact) mass is 432 g/mol. The first kappa shape index (κ1) is 20.5. The molecule has 10 heteroatoms. The van der Waals surface area contributed by atoms with E-state index in [1.54, 1.807) is 6.07 Å². The van der Waals surface area contributed by atoms with E-state index in [1.165, 1.54) is 16.4 Å². The molecule has 1 atom stereocenters. The van der Waals surface area contributed by atoms with Crippen molar-refractivity contribution in [2.24, 2.45) is 0 Å². The first-order valence-electron chi connectivity index (χ1n) is 8.73. The van der Waals surface area contributed by atoms with E-state index in [1.807, 2.05) is 20.8 Å². The Hall–Kier alpha value is -1.19. The van der Waals surface area contributed by atoms with Gasteiger partial charge in [-0.15, -0.1) is 0 Å². The summed E-state index contributed by atoms with van der Waals surface area (Å²) in [4.78, 5) is 6.60. The lowest BCUT2D eigenvalue weighted by atomic mass is 10.2. The number of halogens is 2. The Morgan fingerprint density at radius 1 is 1.11 bits per heavy atom. The molecule has 0 bridgehead atoms. The Kier molecular flexibility index (Phi) is 6.12. The first-order valence-corrected chi connectivity index (χ1v) is 10.9. The Morgan fingerprint density at radius 2 is 1.78 bits per heavy atom. The molecule has 0 spiro atoms. The van der Waals surface area contributed by atoms with Gasteiger partial charge in [-0.3, -0.25) is 4.90 Å². The van der Waals surface area contributed by atoms with Crippen LogP contribution in [0.4, 0.5) is 0 Å². The van der Waals surface area contributed by atoms with Crippen molar-refractivity contribution in [3.05, 3.63) is 40.0 Å². The van der Waals surface area contributed by atoms with Gasteiger partial charge in [0.25, 0.3) is 0 Å². The van der Waals surface area contributed by atoms with Gasteiger partial charge in [-0.1, -0.05) is 42.2 Å². The van der Waals surface area contributed by atoms with Crippen LogP contribution in [0.3, 0.4) is 0 Å². The van der Waals surface area contributed by atoms with E-state index in [4.69, 9.17) is 27.7 Å². The van der Waals surface area contributed by atoms with Gasteiger partial charge in [0.15, 0.2) is 5.82 Å². The molecule has 0 radical (unpaired) electrons. The van der Waals surface area contributed by atoms with Crippen molar-refractivity contribution in [3.63, 3.8) is 0 Å². The molecule has 3 rings (SSSR count). The summed E-state index contributed by atoms with van der Waals surface area (Å²) in [6.07, 6.45) is 0. The molecule has 1 aliphatic rings. The summed E-state index contributed by atoms with van der Waals surface area (Å²) in [6.45, 7) is 7.79. The van der Waals surface area contributed by atoms with Gasteiger partial charge < -0.3 is 4.52 Å². The predicted molar refractivity (Wildman–Crippen MR) is 104 cm³/mol. The highest BCUT2D eigenvalue weighted by Crippen LogP contribution is 2.29. The van der Waals surface area contributed by atoms with Crippen molar-refractivity contribution in [3.8, 4) is 0 Å². The Morgan fingerprint density at radius 3 is 2.37 bits per heavy atom. The molecular weight excluding hydrogens is 411 g/mol. The van der Waals surface area contributed by atoms with E-state index in [-0.39, 0.29) is 21.9 Å². The van der Waals surface area contributed by atoms with Gasteiger partial charge >= 0.3 is 0 Å². The minimum Gasteiger partial charge on any atom is -0.338 e. The molecule has 0 N–H and O–H groups in total. The molecule has 1 aliphatic heterocycles. The van der Waals surface area contributed by atoms with Gasteiger partial charge in [0, 0.05) is 37.1 Å². The van der Waals surface area contributed by atoms with Crippen LogP contribution in [0.2, 0.25) is 10.0 Å². The smallest absolute Gasteiger partial charge is 0.244 e. The maximum Gasteiger partial charge on any atom is 0.244 e. The van der Waals surface area contributed by atoms with Crippen molar-refractivity contribution in [2.75, 3.05) is 26.2 Å². The van der Waals surface area contributed by atoms with E-state index in [2.05, 4.69) is 15.0 Å². The summed E-state index contributed by atoms with van der Waals surface area (Å²) in [7, 11) is -3.70. The number of sulfonamides is 1. The number of hydrogen-bond donors (Lipinski definition) is 0. The Labute approximate surface area is 169 Å². The van der Waals surface area contributed by atoms with Crippen LogP contribution in [-0.4, -0.2) is 53.9 Å². The summed E-state index contributed by atoms with van der Waals surface area (Å²) >= 11 is 12.0. The first-order chi connectivity index (χ1) is 12.7. The molecule has 2 aromatic rings. The summed E-state index contributed by atoms with van der Waals surface area (Å²) in [5.41, 5.74) is 0. The Balaban J connectivity index is 1.70. The van der Waals surface area contributed by atoms with E-state index in [0.29, 0.717) is 42.9 Å². The zero-order valence-corrected chi connectivity index (χ0v) is 17.7. The van der Waals surface area contributed by atoms with Crippen LogP contribution < -0.4 is 0 Å². The molecule has 1 aromatic carbocycles. The normalized spacial score (nSPS) is 18.1. The molecule has 27 heavy (non-hydrogen) atoms. The third-order valence-corrected chi connectivity index (χ3v) is 7.28. The summed E-state index contributed by atoms with van der Waals surface area (Å²) in [6, 6.07) is 4.37.